The van der Waals surface area contributed by atoms with E-state index in [1.807, 2.05) is 12.1 Å². The highest BCUT2D eigenvalue weighted by Gasteiger charge is 2.35. The average molecular weight is 432 g/mol. The largest absolute Gasteiger partial charge is 0.493 e. The van der Waals surface area contributed by atoms with E-state index in [2.05, 4.69) is 4.99 Å². The summed E-state index contributed by atoms with van der Waals surface area (Å²) in [5.41, 5.74) is 1.23. The SMILES string of the molecule is COc1ccc(CCN2C(=O)C[C@@H](C(=O)O)SC2=Nc2cccc(F)c2)cc1OC. The minimum atomic E-state index is -1.08. The molecule has 1 saturated heterocycles. The van der Waals surface area contributed by atoms with E-state index in [0.29, 0.717) is 30.2 Å². The molecule has 0 aromatic heterocycles. The van der Waals surface area contributed by atoms with Crippen LogP contribution < -0.4 is 9.47 Å². The fraction of sp³-hybridized carbons (Fsp3) is 0.286. The van der Waals surface area contributed by atoms with E-state index in [1.54, 1.807) is 26.4 Å². The molecule has 2 aromatic carbocycles. The molecule has 1 N–H and O–H groups in total. The van der Waals surface area contributed by atoms with E-state index >= 15 is 0 Å². The maximum atomic E-state index is 13.5. The second-order valence-electron chi connectivity index (χ2n) is 6.51. The van der Waals surface area contributed by atoms with E-state index < -0.39 is 17.0 Å². The van der Waals surface area contributed by atoms with Gasteiger partial charge in [0.25, 0.3) is 0 Å². The van der Waals surface area contributed by atoms with Crippen molar-refractivity contribution in [2.45, 2.75) is 18.1 Å². The summed E-state index contributed by atoms with van der Waals surface area (Å²) in [5.74, 6) is -0.704. The predicted octanol–water partition coefficient (Wildman–Crippen LogP) is 3.49. The number of halogens is 1. The van der Waals surface area contributed by atoms with Gasteiger partial charge in [-0.3, -0.25) is 14.5 Å². The standard InChI is InChI=1S/C21H21FN2O5S/c1-28-16-7-6-13(10-17(16)29-2)8-9-24-19(25)12-18(20(26)27)30-21(24)23-15-5-3-4-14(22)11-15/h3-7,10-11,18H,8-9,12H2,1-2H3,(H,26,27)/t18-/m0/s1. The zero-order chi connectivity index (χ0) is 21.7. The van der Waals surface area contributed by atoms with Crippen LogP contribution in [-0.4, -0.2) is 53.1 Å². The summed E-state index contributed by atoms with van der Waals surface area (Å²) >= 11 is 0.989. The Morgan fingerprint density at radius 1 is 1.23 bits per heavy atom. The predicted molar refractivity (Wildman–Crippen MR) is 112 cm³/mol. The van der Waals surface area contributed by atoms with Gasteiger partial charge in [-0.25, -0.2) is 9.38 Å². The number of aliphatic imine (C=N–C) groups is 1. The number of carbonyl (C=O) groups is 2. The Kier molecular flexibility index (Phi) is 6.94. The highest BCUT2D eigenvalue weighted by Crippen LogP contribution is 2.31. The number of aliphatic carboxylic acids is 1. The molecule has 0 spiro atoms. The summed E-state index contributed by atoms with van der Waals surface area (Å²) in [6, 6.07) is 11.1. The fourth-order valence-electron chi connectivity index (χ4n) is 2.99. The smallest absolute Gasteiger partial charge is 0.317 e. The van der Waals surface area contributed by atoms with Crippen LogP contribution in [0.1, 0.15) is 12.0 Å². The monoisotopic (exact) mass is 432 g/mol. The van der Waals surface area contributed by atoms with Crippen molar-refractivity contribution in [3.63, 3.8) is 0 Å². The summed E-state index contributed by atoms with van der Waals surface area (Å²) < 4.78 is 24.1. The number of methoxy groups -OCH3 is 2. The molecule has 0 unspecified atom stereocenters. The minimum absolute atomic E-state index is 0.131. The van der Waals surface area contributed by atoms with Gasteiger partial charge >= 0.3 is 5.97 Å². The van der Waals surface area contributed by atoms with Crippen LogP contribution in [0.5, 0.6) is 11.5 Å². The molecule has 30 heavy (non-hydrogen) atoms. The van der Waals surface area contributed by atoms with Crippen LogP contribution in [-0.2, 0) is 16.0 Å². The third-order valence-electron chi connectivity index (χ3n) is 4.52. The highest BCUT2D eigenvalue weighted by atomic mass is 32.2. The molecule has 1 fully saturated rings. The molecule has 158 valence electrons. The lowest BCUT2D eigenvalue weighted by Crippen LogP contribution is -2.44. The molecule has 0 saturated carbocycles. The van der Waals surface area contributed by atoms with E-state index in [1.165, 1.54) is 23.1 Å². The first kappa shape index (κ1) is 21.6. The molecule has 9 heteroatoms. The summed E-state index contributed by atoms with van der Waals surface area (Å²) in [6.07, 6.45) is 0.362. The highest BCUT2D eigenvalue weighted by molar-refractivity contribution is 8.15. The van der Waals surface area contributed by atoms with E-state index in [4.69, 9.17) is 9.47 Å². The Bertz CT molecular complexity index is 982. The lowest BCUT2D eigenvalue weighted by atomic mass is 10.1. The van der Waals surface area contributed by atoms with Gasteiger partial charge in [0.15, 0.2) is 16.7 Å². The number of amides is 1. The zero-order valence-corrected chi connectivity index (χ0v) is 17.3. The second-order valence-corrected chi connectivity index (χ2v) is 7.68. The number of carboxylic acid groups (broad SMARTS) is 1. The van der Waals surface area contributed by atoms with Crippen molar-refractivity contribution >= 4 is 34.5 Å². The van der Waals surface area contributed by atoms with Crippen molar-refractivity contribution in [2.24, 2.45) is 4.99 Å². The van der Waals surface area contributed by atoms with Crippen LogP contribution in [0.25, 0.3) is 0 Å². The van der Waals surface area contributed by atoms with Crippen molar-refractivity contribution in [2.75, 3.05) is 20.8 Å². The molecule has 1 atom stereocenters. The minimum Gasteiger partial charge on any atom is -0.493 e. The maximum absolute atomic E-state index is 13.5. The molecule has 1 heterocycles. The normalized spacial score (nSPS) is 17.8. The molecule has 3 rings (SSSR count). The Morgan fingerprint density at radius 2 is 2.00 bits per heavy atom. The number of ether oxygens (including phenoxy) is 2. The Hall–Kier alpha value is -3.07. The molecule has 7 nitrogen and oxygen atoms in total. The van der Waals surface area contributed by atoms with Crippen LogP contribution in [0.3, 0.4) is 0 Å². The molecular formula is C21H21FN2O5S. The molecule has 0 aliphatic carbocycles. The average Bonchev–Trinajstić information content (AvgIpc) is 2.72. The number of nitrogens with zero attached hydrogens (tertiary/aromatic N) is 2. The number of hydrogen-bond acceptors (Lipinski definition) is 6. The summed E-state index contributed by atoms with van der Waals surface area (Å²) in [4.78, 5) is 29.9. The van der Waals surface area contributed by atoms with Gasteiger partial charge in [0.05, 0.1) is 26.3 Å². The molecular weight excluding hydrogens is 411 g/mol. The number of carbonyl (C=O) groups excluding carboxylic acids is 1. The molecule has 2 aromatic rings. The van der Waals surface area contributed by atoms with Crippen molar-refractivity contribution < 1.29 is 28.6 Å². The summed E-state index contributed by atoms with van der Waals surface area (Å²) in [6.45, 7) is 0.293. The van der Waals surface area contributed by atoms with Gasteiger partial charge < -0.3 is 14.6 Å². The van der Waals surface area contributed by atoms with E-state index in [-0.39, 0.29) is 17.5 Å². The van der Waals surface area contributed by atoms with Gasteiger partial charge in [0, 0.05) is 6.54 Å². The topological polar surface area (TPSA) is 88.4 Å². The van der Waals surface area contributed by atoms with Crippen LogP contribution >= 0.6 is 11.8 Å². The summed E-state index contributed by atoms with van der Waals surface area (Å²) in [5, 5.41) is 8.66. The van der Waals surface area contributed by atoms with Gasteiger partial charge in [-0.2, -0.15) is 0 Å². The van der Waals surface area contributed by atoms with Crippen LogP contribution in [0, 0.1) is 5.82 Å². The van der Waals surface area contributed by atoms with Crippen molar-refractivity contribution in [3.8, 4) is 11.5 Å². The Labute approximate surface area is 177 Å². The van der Waals surface area contributed by atoms with E-state index in [9.17, 15) is 19.1 Å². The lowest BCUT2D eigenvalue weighted by Gasteiger charge is -2.30. The van der Waals surface area contributed by atoms with Gasteiger partial charge in [-0.15, -0.1) is 0 Å². The first-order chi connectivity index (χ1) is 14.4. The fourth-order valence-corrected chi connectivity index (χ4v) is 4.05. The number of benzene rings is 2. The van der Waals surface area contributed by atoms with Gasteiger partial charge in [-0.05, 0) is 42.3 Å². The third-order valence-corrected chi connectivity index (χ3v) is 5.70. The van der Waals surface area contributed by atoms with E-state index in [0.717, 1.165) is 17.3 Å². The second kappa shape index (κ2) is 9.62. The molecule has 1 aliphatic heterocycles. The van der Waals surface area contributed by atoms with Crippen molar-refractivity contribution in [3.05, 3.63) is 53.8 Å². The quantitative estimate of drug-likeness (QED) is 0.721. The molecule has 0 bridgehead atoms. The van der Waals surface area contributed by atoms with Gasteiger partial charge in [-0.1, -0.05) is 23.9 Å². The van der Waals surface area contributed by atoms with Gasteiger partial charge in [0.1, 0.15) is 11.1 Å². The van der Waals surface area contributed by atoms with Crippen molar-refractivity contribution in [1.82, 2.24) is 4.90 Å². The molecule has 1 aliphatic rings. The lowest BCUT2D eigenvalue weighted by molar-refractivity contribution is -0.139. The molecule has 1 amide bonds. The summed E-state index contributed by atoms with van der Waals surface area (Å²) in [7, 11) is 3.09. The van der Waals surface area contributed by atoms with Crippen molar-refractivity contribution in [1.29, 1.82) is 0 Å². The number of hydrogen-bond donors (Lipinski definition) is 1. The number of carboxylic acids is 1. The maximum Gasteiger partial charge on any atom is 0.317 e. The Morgan fingerprint density at radius 3 is 2.67 bits per heavy atom. The van der Waals surface area contributed by atoms with Crippen LogP contribution in [0.4, 0.5) is 10.1 Å². The Balaban J connectivity index is 1.84. The van der Waals surface area contributed by atoms with Crippen LogP contribution in [0.2, 0.25) is 0 Å². The van der Waals surface area contributed by atoms with Crippen LogP contribution in [0.15, 0.2) is 47.5 Å². The third kappa shape index (κ3) is 5.10. The first-order valence-electron chi connectivity index (χ1n) is 9.16. The number of thioether (sulfide) groups is 1. The zero-order valence-electron chi connectivity index (χ0n) is 16.5. The number of amidine groups is 1. The molecule has 0 radical (unpaired) electrons. The van der Waals surface area contributed by atoms with Gasteiger partial charge in [0.2, 0.25) is 5.91 Å². The number of rotatable bonds is 7. The first-order valence-corrected chi connectivity index (χ1v) is 10.0.